The van der Waals surface area contributed by atoms with Gasteiger partial charge in [0.1, 0.15) is 5.75 Å². The number of hydrogen-bond donors (Lipinski definition) is 1. The van der Waals surface area contributed by atoms with E-state index in [0.717, 1.165) is 16.7 Å². The molecule has 0 aromatic heterocycles. The van der Waals surface area contributed by atoms with E-state index in [9.17, 15) is 24.5 Å². The molecule has 2 aromatic rings. The molecule has 0 aliphatic carbocycles. The van der Waals surface area contributed by atoms with Crippen LogP contribution in [0.25, 0.3) is 6.08 Å². The zero-order valence-corrected chi connectivity index (χ0v) is 19.4. The van der Waals surface area contributed by atoms with Crippen LogP contribution in [-0.4, -0.2) is 38.7 Å². The molecule has 12 heteroatoms. The lowest BCUT2D eigenvalue weighted by Crippen LogP contribution is -2.27. The van der Waals surface area contributed by atoms with Crippen LogP contribution in [0.2, 0.25) is 0 Å². The van der Waals surface area contributed by atoms with Crippen molar-refractivity contribution in [2.45, 2.75) is 6.54 Å². The van der Waals surface area contributed by atoms with E-state index in [-0.39, 0.29) is 22.9 Å². The number of hydrogen-bond acceptors (Lipinski definition) is 7. The molecule has 0 spiro atoms. The average molecular weight is 572 g/mol. The zero-order valence-electron chi connectivity index (χ0n) is 15.4. The minimum Gasteiger partial charge on any atom is -0.480 e. The van der Waals surface area contributed by atoms with Gasteiger partial charge < -0.3 is 9.84 Å². The van der Waals surface area contributed by atoms with Crippen molar-refractivity contribution in [2.24, 2.45) is 0 Å². The van der Waals surface area contributed by atoms with Gasteiger partial charge in [0.05, 0.1) is 20.8 Å². The van der Waals surface area contributed by atoms with Gasteiger partial charge in [0.15, 0.2) is 6.61 Å². The molecule has 0 atom stereocenters. The minimum atomic E-state index is -1.16. The Morgan fingerprint density at radius 3 is 2.52 bits per heavy atom. The second-order valence-corrected chi connectivity index (χ2v) is 8.94. The molecule has 1 aliphatic heterocycles. The number of nitrogens with zero attached hydrogens (tertiary/aromatic N) is 2. The van der Waals surface area contributed by atoms with Gasteiger partial charge in [-0.3, -0.25) is 24.6 Å². The largest absolute Gasteiger partial charge is 0.480 e. The standard InChI is InChI=1S/C19H12Br2N2O7S/c20-12-5-11(17(14(21)7-12)30-9-16(24)25)6-15-18(26)22(19(27)31-15)8-10-1-3-13(4-2-10)23(28)29/h1-7H,8-9H2,(H,24,25)/b15-6-. The molecule has 1 N–H and O–H groups in total. The lowest BCUT2D eigenvalue weighted by atomic mass is 10.1. The molecular formula is C19H12Br2N2O7S. The highest BCUT2D eigenvalue weighted by molar-refractivity contribution is 9.11. The van der Waals surface area contributed by atoms with Crippen LogP contribution in [0.1, 0.15) is 11.1 Å². The summed E-state index contributed by atoms with van der Waals surface area (Å²) in [6, 6.07) is 8.86. The molecule has 1 saturated heterocycles. The molecule has 0 radical (unpaired) electrons. The first-order chi connectivity index (χ1) is 14.7. The normalized spacial score (nSPS) is 14.9. The van der Waals surface area contributed by atoms with E-state index in [1.54, 1.807) is 12.1 Å². The van der Waals surface area contributed by atoms with E-state index in [1.807, 2.05) is 0 Å². The van der Waals surface area contributed by atoms with Gasteiger partial charge in [0.25, 0.3) is 16.8 Å². The van der Waals surface area contributed by atoms with Crippen LogP contribution in [0, 0.1) is 10.1 Å². The van der Waals surface area contributed by atoms with Crippen LogP contribution >= 0.6 is 43.6 Å². The van der Waals surface area contributed by atoms with Gasteiger partial charge in [-0.25, -0.2) is 4.79 Å². The Labute approximate surface area is 196 Å². The van der Waals surface area contributed by atoms with Crippen molar-refractivity contribution >= 4 is 72.5 Å². The van der Waals surface area contributed by atoms with Gasteiger partial charge >= 0.3 is 5.97 Å². The number of non-ortho nitro benzene ring substituents is 1. The number of ether oxygens (including phenoxy) is 1. The zero-order chi connectivity index (χ0) is 22.7. The van der Waals surface area contributed by atoms with Gasteiger partial charge in [-0.2, -0.15) is 0 Å². The number of nitro groups is 1. The van der Waals surface area contributed by atoms with Crippen LogP contribution < -0.4 is 4.74 Å². The summed E-state index contributed by atoms with van der Waals surface area (Å²) in [5.41, 5.74) is 0.875. The van der Waals surface area contributed by atoms with Crippen LogP contribution in [0.4, 0.5) is 10.5 Å². The number of benzene rings is 2. The van der Waals surface area contributed by atoms with Crippen molar-refractivity contribution in [3.63, 3.8) is 0 Å². The first kappa shape index (κ1) is 23.0. The fraction of sp³-hybridized carbons (Fsp3) is 0.105. The predicted octanol–water partition coefficient (Wildman–Crippen LogP) is 4.82. The van der Waals surface area contributed by atoms with E-state index >= 15 is 0 Å². The minimum absolute atomic E-state index is 0.0372. The average Bonchev–Trinajstić information content (AvgIpc) is 2.95. The van der Waals surface area contributed by atoms with Crippen LogP contribution in [0.15, 0.2) is 50.2 Å². The van der Waals surface area contributed by atoms with E-state index in [2.05, 4.69) is 31.9 Å². The summed E-state index contributed by atoms with van der Waals surface area (Å²) in [5, 5.41) is 19.2. The monoisotopic (exact) mass is 570 g/mol. The van der Waals surface area contributed by atoms with Gasteiger partial charge in [-0.1, -0.05) is 28.1 Å². The molecule has 31 heavy (non-hydrogen) atoms. The van der Waals surface area contributed by atoms with Gasteiger partial charge in [0, 0.05) is 22.2 Å². The van der Waals surface area contributed by atoms with E-state index in [1.165, 1.54) is 30.3 Å². The Balaban J connectivity index is 1.86. The van der Waals surface area contributed by atoms with Crippen molar-refractivity contribution in [3.05, 3.63) is 71.5 Å². The topological polar surface area (TPSA) is 127 Å². The highest BCUT2D eigenvalue weighted by Gasteiger charge is 2.35. The summed E-state index contributed by atoms with van der Waals surface area (Å²) in [7, 11) is 0. The predicted molar refractivity (Wildman–Crippen MR) is 120 cm³/mol. The number of amides is 2. The molecule has 9 nitrogen and oxygen atoms in total. The molecule has 2 amide bonds. The summed E-state index contributed by atoms with van der Waals surface area (Å²) in [6.45, 7) is -0.618. The number of carbonyl (C=O) groups excluding carboxylic acids is 2. The first-order valence-corrected chi connectivity index (χ1v) is 10.9. The maximum absolute atomic E-state index is 12.8. The number of carboxylic acids is 1. The Morgan fingerprint density at radius 1 is 1.23 bits per heavy atom. The molecule has 0 bridgehead atoms. The Hall–Kier alpha value is -2.70. The van der Waals surface area contributed by atoms with Crippen molar-refractivity contribution in [3.8, 4) is 5.75 Å². The fourth-order valence-electron chi connectivity index (χ4n) is 2.66. The number of rotatable bonds is 7. The lowest BCUT2D eigenvalue weighted by molar-refractivity contribution is -0.384. The van der Waals surface area contributed by atoms with Crippen molar-refractivity contribution in [1.82, 2.24) is 4.90 Å². The van der Waals surface area contributed by atoms with Crippen molar-refractivity contribution in [1.29, 1.82) is 0 Å². The molecular weight excluding hydrogens is 560 g/mol. The molecule has 1 heterocycles. The Morgan fingerprint density at radius 2 is 1.90 bits per heavy atom. The fourth-order valence-corrected chi connectivity index (χ4v) is 4.86. The lowest BCUT2D eigenvalue weighted by Gasteiger charge is -2.12. The third-order valence-corrected chi connectivity index (χ3v) is 5.98. The SMILES string of the molecule is O=C(O)COc1c(Br)cc(Br)cc1/C=C1\SC(=O)N(Cc2ccc([N+](=O)[O-])cc2)C1=O. The first-order valence-electron chi connectivity index (χ1n) is 8.48. The second-order valence-electron chi connectivity index (χ2n) is 6.18. The van der Waals surface area contributed by atoms with Gasteiger partial charge in [-0.05, 0) is 51.5 Å². The maximum atomic E-state index is 12.8. The van der Waals surface area contributed by atoms with Crippen LogP contribution in [-0.2, 0) is 16.1 Å². The molecule has 1 fully saturated rings. The number of nitro benzene ring substituents is 1. The molecule has 160 valence electrons. The highest BCUT2D eigenvalue weighted by Crippen LogP contribution is 2.38. The summed E-state index contributed by atoms with van der Waals surface area (Å²) >= 11 is 7.37. The number of aliphatic carboxylic acids is 1. The third-order valence-electron chi connectivity index (χ3n) is 4.03. The molecule has 0 unspecified atom stereocenters. The van der Waals surface area contributed by atoms with Gasteiger partial charge in [0.2, 0.25) is 0 Å². The molecule has 3 rings (SSSR count). The van der Waals surface area contributed by atoms with Crippen molar-refractivity contribution < 1.29 is 29.2 Å². The number of imide groups is 1. The van der Waals surface area contributed by atoms with E-state index in [4.69, 9.17) is 9.84 Å². The quantitative estimate of drug-likeness (QED) is 0.285. The molecule has 2 aromatic carbocycles. The van der Waals surface area contributed by atoms with E-state index in [0.29, 0.717) is 20.1 Å². The summed E-state index contributed by atoms with van der Waals surface area (Å²) in [5.74, 6) is -1.48. The summed E-state index contributed by atoms with van der Waals surface area (Å²) in [6.07, 6.45) is 1.45. The number of carbonyl (C=O) groups is 3. The van der Waals surface area contributed by atoms with Crippen LogP contribution in [0.5, 0.6) is 5.75 Å². The van der Waals surface area contributed by atoms with Crippen LogP contribution in [0.3, 0.4) is 0 Å². The highest BCUT2D eigenvalue weighted by atomic mass is 79.9. The summed E-state index contributed by atoms with van der Waals surface area (Å²) < 4.78 is 6.45. The number of halogens is 2. The second kappa shape index (κ2) is 9.62. The Bertz CT molecular complexity index is 1120. The smallest absolute Gasteiger partial charge is 0.341 e. The molecule has 0 saturated carbocycles. The maximum Gasteiger partial charge on any atom is 0.341 e. The number of thioether (sulfide) groups is 1. The third kappa shape index (κ3) is 5.51. The van der Waals surface area contributed by atoms with Gasteiger partial charge in [-0.15, -0.1) is 0 Å². The summed E-state index contributed by atoms with van der Waals surface area (Å²) in [4.78, 5) is 47.4. The molecule has 1 aliphatic rings. The Kier molecular flexibility index (Phi) is 7.13. The van der Waals surface area contributed by atoms with Crippen molar-refractivity contribution in [2.75, 3.05) is 6.61 Å². The van der Waals surface area contributed by atoms with E-state index < -0.39 is 28.6 Å². The number of carboxylic acid groups (broad SMARTS) is 1.